The number of anilines is 2. The molecule has 2 aliphatic carbocycles. The molecule has 0 heterocycles. The third-order valence-corrected chi connectivity index (χ3v) is 10.1. The van der Waals surface area contributed by atoms with Gasteiger partial charge < -0.3 is 20.9 Å². The van der Waals surface area contributed by atoms with Crippen LogP contribution in [-0.4, -0.2) is 0 Å². The Hall–Kier alpha value is -3.92. The van der Waals surface area contributed by atoms with E-state index in [4.69, 9.17) is 20.9 Å². The fourth-order valence-corrected chi connectivity index (χ4v) is 7.82. The second kappa shape index (κ2) is 13.2. The van der Waals surface area contributed by atoms with E-state index >= 15 is 0 Å². The number of ether oxygens (including phenoxy) is 2. The summed E-state index contributed by atoms with van der Waals surface area (Å²) in [6.07, 6.45) is 13.4. The van der Waals surface area contributed by atoms with Crippen molar-refractivity contribution in [2.24, 2.45) is 17.8 Å². The van der Waals surface area contributed by atoms with Crippen LogP contribution in [0.25, 0.3) is 0 Å². The minimum absolute atomic E-state index is 0.0265. The van der Waals surface area contributed by atoms with E-state index in [1.165, 1.54) is 62.5 Å². The van der Waals surface area contributed by atoms with Crippen molar-refractivity contribution in [1.29, 1.82) is 0 Å². The highest BCUT2D eigenvalue weighted by atomic mass is 16.5. The molecule has 4 heteroatoms. The van der Waals surface area contributed by atoms with Crippen LogP contribution in [0.15, 0.2) is 97.1 Å². The molecule has 2 fully saturated rings. The van der Waals surface area contributed by atoms with Crippen molar-refractivity contribution in [2.45, 2.75) is 76.5 Å². The quantitative estimate of drug-likeness (QED) is 0.195. The van der Waals surface area contributed by atoms with E-state index in [1.807, 2.05) is 48.5 Å². The molecule has 4 nitrogen and oxygen atoms in total. The van der Waals surface area contributed by atoms with Crippen LogP contribution >= 0.6 is 0 Å². The Balaban J connectivity index is 1.22. The Morgan fingerprint density at radius 1 is 0.581 bits per heavy atom. The molecule has 4 aromatic rings. The van der Waals surface area contributed by atoms with E-state index < -0.39 is 0 Å². The molecular formula is C39H46N2O2. The first-order valence-corrected chi connectivity index (χ1v) is 16.3. The molecule has 0 saturated heterocycles. The predicted molar refractivity (Wildman–Crippen MR) is 178 cm³/mol. The Morgan fingerprint density at radius 2 is 1.05 bits per heavy atom. The average molecular weight is 575 g/mol. The maximum Gasteiger partial charge on any atom is 0.129 e. The smallest absolute Gasteiger partial charge is 0.129 e. The van der Waals surface area contributed by atoms with Crippen LogP contribution in [0.1, 0.15) is 82.3 Å². The number of hydrogen-bond acceptors (Lipinski definition) is 4. The van der Waals surface area contributed by atoms with Crippen LogP contribution in [-0.2, 0) is 5.41 Å². The molecule has 224 valence electrons. The number of hydrogen-bond donors (Lipinski definition) is 2. The van der Waals surface area contributed by atoms with Crippen molar-refractivity contribution in [1.82, 2.24) is 0 Å². The van der Waals surface area contributed by atoms with Gasteiger partial charge in [0.1, 0.15) is 23.0 Å². The summed E-state index contributed by atoms with van der Waals surface area (Å²) in [6.45, 7) is 2.33. The molecule has 0 spiro atoms. The zero-order chi connectivity index (χ0) is 29.6. The molecule has 0 bridgehead atoms. The molecule has 0 unspecified atom stereocenters. The van der Waals surface area contributed by atoms with E-state index in [1.54, 1.807) is 0 Å². The van der Waals surface area contributed by atoms with Gasteiger partial charge in [-0.2, -0.15) is 0 Å². The minimum atomic E-state index is -0.0265. The SMILES string of the molecule is CCC[C@H]1CC[C@H](C2CCC(c3ccc(Oc4cccc(N)c4)cc3)(c3ccc(Oc4cccc(N)c4)cc3)CC2)CC1. The number of nitrogen functional groups attached to an aromatic ring is 2. The molecule has 2 saturated carbocycles. The number of rotatable bonds is 9. The molecule has 6 rings (SSSR count). The van der Waals surface area contributed by atoms with Crippen molar-refractivity contribution in [3.63, 3.8) is 0 Å². The van der Waals surface area contributed by atoms with Crippen LogP contribution in [0.3, 0.4) is 0 Å². The molecule has 4 N–H and O–H groups in total. The average Bonchev–Trinajstić information content (AvgIpc) is 3.03. The maximum absolute atomic E-state index is 6.14. The molecule has 2 aliphatic rings. The van der Waals surface area contributed by atoms with Gasteiger partial charge in [0.2, 0.25) is 0 Å². The van der Waals surface area contributed by atoms with E-state index in [-0.39, 0.29) is 5.41 Å². The summed E-state index contributed by atoms with van der Waals surface area (Å²) in [5, 5.41) is 0. The molecule has 4 aromatic carbocycles. The third-order valence-electron chi connectivity index (χ3n) is 10.1. The van der Waals surface area contributed by atoms with Gasteiger partial charge in [0.25, 0.3) is 0 Å². The summed E-state index contributed by atoms with van der Waals surface area (Å²) < 4.78 is 12.3. The lowest BCUT2D eigenvalue weighted by molar-refractivity contribution is 0.141. The zero-order valence-corrected chi connectivity index (χ0v) is 25.5. The molecule has 0 amide bonds. The maximum atomic E-state index is 6.14. The summed E-state index contributed by atoms with van der Waals surface area (Å²) in [5.41, 5.74) is 16.0. The summed E-state index contributed by atoms with van der Waals surface area (Å²) in [7, 11) is 0. The van der Waals surface area contributed by atoms with Gasteiger partial charge in [-0.1, -0.05) is 69.0 Å². The van der Waals surface area contributed by atoms with Crippen LogP contribution in [0.5, 0.6) is 23.0 Å². The topological polar surface area (TPSA) is 70.5 Å². The second-order valence-corrected chi connectivity index (χ2v) is 12.9. The van der Waals surface area contributed by atoms with Gasteiger partial charge in [-0.25, -0.2) is 0 Å². The van der Waals surface area contributed by atoms with Crippen molar-refractivity contribution in [3.8, 4) is 23.0 Å². The van der Waals surface area contributed by atoms with Gasteiger partial charge in [-0.3, -0.25) is 0 Å². The van der Waals surface area contributed by atoms with Crippen molar-refractivity contribution < 1.29 is 9.47 Å². The highest BCUT2D eigenvalue weighted by Gasteiger charge is 2.41. The van der Waals surface area contributed by atoms with Crippen molar-refractivity contribution in [3.05, 3.63) is 108 Å². The van der Waals surface area contributed by atoms with Crippen LogP contribution in [0.4, 0.5) is 11.4 Å². The summed E-state index contributed by atoms with van der Waals surface area (Å²) in [5.74, 6) is 5.87. The third kappa shape index (κ3) is 6.85. The molecule has 0 aliphatic heterocycles. The highest BCUT2D eigenvalue weighted by Crippen LogP contribution is 2.51. The Labute approximate surface area is 257 Å². The summed E-state index contributed by atoms with van der Waals surface area (Å²) in [4.78, 5) is 0. The number of benzene rings is 4. The van der Waals surface area contributed by atoms with Gasteiger partial charge in [-0.05, 0) is 116 Å². The van der Waals surface area contributed by atoms with Crippen molar-refractivity contribution in [2.75, 3.05) is 11.5 Å². The van der Waals surface area contributed by atoms with Gasteiger partial charge in [0.05, 0.1) is 0 Å². The normalized spacial score (nSPS) is 20.4. The van der Waals surface area contributed by atoms with Gasteiger partial charge >= 0.3 is 0 Å². The first kappa shape index (κ1) is 29.2. The largest absolute Gasteiger partial charge is 0.457 e. The first-order valence-electron chi connectivity index (χ1n) is 16.3. The van der Waals surface area contributed by atoms with Gasteiger partial charge in [0.15, 0.2) is 0 Å². The van der Waals surface area contributed by atoms with Crippen LogP contribution in [0, 0.1) is 17.8 Å². The molecular weight excluding hydrogens is 528 g/mol. The fraction of sp³-hybridized carbons (Fsp3) is 0.385. The van der Waals surface area contributed by atoms with Crippen LogP contribution in [0.2, 0.25) is 0 Å². The lowest BCUT2D eigenvalue weighted by Crippen LogP contribution is -2.35. The van der Waals surface area contributed by atoms with Crippen LogP contribution < -0.4 is 20.9 Å². The van der Waals surface area contributed by atoms with Gasteiger partial charge in [-0.15, -0.1) is 0 Å². The van der Waals surface area contributed by atoms with E-state index in [2.05, 4.69) is 55.5 Å². The monoisotopic (exact) mass is 574 g/mol. The van der Waals surface area contributed by atoms with E-state index in [0.717, 1.165) is 53.6 Å². The summed E-state index contributed by atoms with van der Waals surface area (Å²) >= 11 is 0. The molecule has 0 radical (unpaired) electrons. The zero-order valence-electron chi connectivity index (χ0n) is 25.5. The second-order valence-electron chi connectivity index (χ2n) is 12.9. The first-order chi connectivity index (χ1) is 21.0. The standard InChI is InChI=1S/C39H46N2O2/c1-2-5-28-10-12-29(13-11-28)30-22-24-39(25-23-30,31-14-18-35(19-15-31)42-37-8-3-6-33(40)26-37)32-16-20-36(21-17-32)43-38-9-4-7-34(41)27-38/h3-4,6-9,14-21,26-30H,2,5,10-13,22-25,40-41H2,1H3/t28-,29-. The molecule has 43 heavy (non-hydrogen) atoms. The Bertz CT molecular complexity index is 1370. The fourth-order valence-electron chi connectivity index (χ4n) is 7.82. The Kier molecular flexibility index (Phi) is 8.92. The summed E-state index contributed by atoms with van der Waals surface area (Å²) in [6, 6.07) is 32.7. The molecule has 0 atom stereocenters. The molecule has 0 aromatic heterocycles. The lowest BCUT2D eigenvalue weighted by atomic mass is 9.60. The highest BCUT2D eigenvalue weighted by molar-refractivity contribution is 5.48. The van der Waals surface area contributed by atoms with Gasteiger partial charge in [0, 0.05) is 28.9 Å². The minimum Gasteiger partial charge on any atom is -0.457 e. The lowest BCUT2D eigenvalue weighted by Gasteiger charge is -2.44. The van der Waals surface area contributed by atoms with E-state index in [0.29, 0.717) is 11.4 Å². The van der Waals surface area contributed by atoms with E-state index in [9.17, 15) is 0 Å². The Morgan fingerprint density at radius 3 is 1.49 bits per heavy atom. The van der Waals surface area contributed by atoms with Crippen molar-refractivity contribution >= 4 is 11.4 Å². The predicted octanol–water partition coefficient (Wildman–Crippen LogP) is 10.5. The number of nitrogens with two attached hydrogens (primary N) is 2.